The molecule has 38 heavy (non-hydrogen) atoms. The van der Waals surface area contributed by atoms with Gasteiger partial charge in [0.1, 0.15) is 23.3 Å². The van der Waals surface area contributed by atoms with E-state index in [4.69, 9.17) is 9.72 Å². The highest BCUT2D eigenvalue weighted by Crippen LogP contribution is 2.47. The van der Waals surface area contributed by atoms with Crippen LogP contribution in [-0.2, 0) is 28.4 Å². The normalized spacial score (nSPS) is 14.9. The Hall–Kier alpha value is -1.98. The number of aromatic amines is 1. The number of carbonyl (C=O) groups excluding carboxylic acids is 1. The van der Waals surface area contributed by atoms with E-state index in [1.165, 1.54) is 0 Å². The van der Waals surface area contributed by atoms with Crippen molar-refractivity contribution < 1.29 is 26.5 Å². The molecule has 3 heterocycles. The maximum absolute atomic E-state index is 13.1. The number of nitrogens with one attached hydrogen (secondary N) is 1. The Morgan fingerprint density at radius 3 is 2.39 bits per heavy atom. The lowest BCUT2D eigenvalue weighted by atomic mass is 9.80. The fraction of sp³-hybridized carbons (Fsp3) is 0.400. The molecule has 0 saturated heterocycles. The monoisotopic (exact) mass is 616 g/mol. The van der Waals surface area contributed by atoms with Crippen molar-refractivity contribution in [3.8, 4) is 11.7 Å². The summed E-state index contributed by atoms with van der Waals surface area (Å²) < 4.78 is 9.57. The Bertz CT molecular complexity index is 1430. The molecule has 0 spiro atoms. The summed E-state index contributed by atoms with van der Waals surface area (Å²) in [7, 11) is 6.88. The van der Waals surface area contributed by atoms with E-state index in [2.05, 4.69) is 38.8 Å². The van der Waals surface area contributed by atoms with Gasteiger partial charge in [-0.3, -0.25) is 4.79 Å². The van der Waals surface area contributed by atoms with Gasteiger partial charge in [0.2, 0.25) is 5.16 Å². The number of nitrogens with zero attached hydrogens (tertiary/aromatic N) is 5. The first-order valence-electron chi connectivity index (χ1n) is 11.4. The molecule has 0 bridgehead atoms. The summed E-state index contributed by atoms with van der Waals surface area (Å²) in [4.78, 5) is 21.5. The number of methoxy groups -OCH3 is 1. The molecule has 1 aliphatic carbocycles. The minimum Gasteiger partial charge on any atom is -1.00 e. The van der Waals surface area contributed by atoms with Crippen molar-refractivity contribution in [2.45, 2.75) is 56.4 Å². The van der Waals surface area contributed by atoms with E-state index in [0.717, 1.165) is 50.3 Å². The second-order valence-corrected chi connectivity index (χ2v) is 12.2. The number of Topliss-reactive ketones (excluding diaryl/α,β-unsaturated/α-hetero) is 1. The lowest BCUT2D eigenvalue weighted by molar-refractivity contribution is -0.610. The predicted octanol–water partition coefficient (Wildman–Crippen LogP) is 2.21. The average Bonchev–Trinajstić information content (AvgIpc) is 3.46. The van der Waals surface area contributed by atoms with Crippen LogP contribution in [0.25, 0.3) is 17.0 Å². The number of halogens is 3. The number of aromatic nitrogens is 6. The molecule has 0 aliphatic heterocycles. The number of ether oxygens (including phenoxy) is 1. The molecule has 0 atom stereocenters. The molecule has 1 aliphatic rings. The fourth-order valence-corrected chi connectivity index (χ4v) is 7.14. The van der Waals surface area contributed by atoms with E-state index in [0.29, 0.717) is 5.75 Å². The number of benzene rings is 1. The summed E-state index contributed by atoms with van der Waals surface area (Å²) in [6.45, 7) is 10.1. The first-order valence-corrected chi connectivity index (χ1v) is 13.7. The second-order valence-electron chi connectivity index (χ2n) is 9.95. The molecule has 0 saturated carbocycles. The van der Waals surface area contributed by atoms with Gasteiger partial charge in [-0.1, -0.05) is 15.8 Å². The third kappa shape index (κ3) is 5.13. The van der Waals surface area contributed by atoms with Crippen LogP contribution in [0.3, 0.4) is 0 Å². The van der Waals surface area contributed by atoms with Gasteiger partial charge in [-0.25, -0.2) is 9.55 Å². The standard InChI is InChI=1S/C25H29N6O2S2.3ClH/c1-14-19(12-34-35-23-29-26-13-30(23)6)31(9-8-20(14)33-7)22-27-17-10-15-16(11-18(17)28-22)25(4,5)21(32)24(15,2)3;;;/h8-11,13H,12H2,1-7H3,(H,27,28);3*1H/q+1;;;/p-1. The Kier molecular flexibility index (Phi) is 9.87. The quantitative estimate of drug-likeness (QED) is 0.262. The number of imidazole rings is 1. The number of fused-ring (bicyclic) bond motifs is 2. The largest absolute Gasteiger partial charge is 1.00 e. The van der Waals surface area contributed by atoms with Crippen molar-refractivity contribution in [1.29, 1.82) is 0 Å². The van der Waals surface area contributed by atoms with Crippen molar-refractivity contribution in [3.05, 3.63) is 53.1 Å². The smallest absolute Gasteiger partial charge is 0.402 e. The molecule has 0 fully saturated rings. The van der Waals surface area contributed by atoms with Crippen molar-refractivity contribution in [1.82, 2.24) is 24.7 Å². The van der Waals surface area contributed by atoms with Gasteiger partial charge in [0.05, 0.1) is 19.1 Å². The highest BCUT2D eigenvalue weighted by atomic mass is 35.5. The van der Waals surface area contributed by atoms with Crippen molar-refractivity contribution in [3.63, 3.8) is 0 Å². The summed E-state index contributed by atoms with van der Waals surface area (Å²) in [5.41, 5.74) is 4.97. The van der Waals surface area contributed by atoms with Crippen LogP contribution in [0.1, 0.15) is 50.1 Å². The van der Waals surface area contributed by atoms with Crippen molar-refractivity contribution in [2.75, 3.05) is 7.11 Å². The van der Waals surface area contributed by atoms with E-state index in [-0.39, 0.29) is 43.0 Å². The number of H-pyrrole nitrogens is 1. The second kappa shape index (κ2) is 11.6. The number of pyridine rings is 1. The number of hydrogen-bond donors (Lipinski definition) is 1. The third-order valence-electron chi connectivity index (χ3n) is 7.01. The Morgan fingerprint density at radius 1 is 1.13 bits per heavy atom. The minimum absolute atomic E-state index is 0. The number of hydrogen-bond acceptors (Lipinski definition) is 7. The van der Waals surface area contributed by atoms with E-state index in [9.17, 15) is 4.79 Å². The fourth-order valence-electron chi connectivity index (χ4n) is 4.98. The van der Waals surface area contributed by atoms with Crippen LogP contribution in [0.4, 0.5) is 0 Å². The molecule has 3 aromatic heterocycles. The molecule has 1 N–H and O–H groups in total. The van der Waals surface area contributed by atoms with E-state index in [1.807, 2.05) is 51.6 Å². The summed E-state index contributed by atoms with van der Waals surface area (Å²) in [5, 5.41) is 8.95. The SMILES string of the molecule is COc1cc[n+](-c2nc3cc4c(cc3[nH]2)C(C)(C)C(=O)C4(C)C)c(CSSc2nncn2C)c1C.Cl.Cl.[Cl-]. The number of aryl methyl sites for hydroxylation is 1. The molecule has 0 unspecified atom stereocenters. The van der Waals surface area contributed by atoms with Crippen LogP contribution in [0.2, 0.25) is 0 Å². The average molecular weight is 618 g/mol. The van der Waals surface area contributed by atoms with Gasteiger partial charge in [0.15, 0.2) is 11.3 Å². The molecule has 206 valence electrons. The molecular formula is C25H31Cl3N6O2S2. The van der Waals surface area contributed by atoms with Crippen molar-refractivity contribution in [2.24, 2.45) is 7.05 Å². The molecule has 5 rings (SSSR count). The highest BCUT2D eigenvalue weighted by molar-refractivity contribution is 8.76. The van der Waals surface area contributed by atoms with Crippen LogP contribution >= 0.6 is 46.4 Å². The van der Waals surface area contributed by atoms with Crippen LogP contribution in [0.5, 0.6) is 5.75 Å². The lowest BCUT2D eigenvalue weighted by Gasteiger charge is -2.21. The van der Waals surface area contributed by atoms with Gasteiger partial charge in [0.25, 0.3) is 0 Å². The topological polar surface area (TPSA) is 89.6 Å². The summed E-state index contributed by atoms with van der Waals surface area (Å²) >= 11 is 0. The Labute approximate surface area is 248 Å². The first-order chi connectivity index (χ1) is 16.6. The predicted molar refractivity (Wildman–Crippen MR) is 153 cm³/mol. The van der Waals surface area contributed by atoms with Crippen LogP contribution in [0, 0.1) is 6.92 Å². The van der Waals surface area contributed by atoms with Gasteiger partial charge in [0, 0.05) is 29.5 Å². The molecule has 0 radical (unpaired) electrons. The van der Waals surface area contributed by atoms with Crippen LogP contribution < -0.4 is 21.7 Å². The Balaban J connectivity index is 0.00000169. The summed E-state index contributed by atoms with van der Waals surface area (Å²) in [6, 6.07) is 6.13. The van der Waals surface area contributed by atoms with Crippen molar-refractivity contribution >= 4 is 63.2 Å². The van der Waals surface area contributed by atoms with Gasteiger partial charge in [-0.2, -0.15) is 0 Å². The minimum atomic E-state index is -0.533. The lowest BCUT2D eigenvalue weighted by Crippen LogP contribution is -3.00. The van der Waals surface area contributed by atoms with E-state index >= 15 is 0 Å². The Morgan fingerprint density at radius 2 is 1.79 bits per heavy atom. The van der Waals surface area contributed by atoms with Gasteiger partial charge in [-0.15, -0.1) is 35.0 Å². The first kappa shape index (κ1) is 32.2. The molecule has 13 heteroatoms. The molecule has 4 aromatic rings. The summed E-state index contributed by atoms with van der Waals surface area (Å²) in [5.74, 6) is 2.52. The van der Waals surface area contributed by atoms with Gasteiger partial charge >= 0.3 is 5.95 Å². The third-order valence-corrected chi connectivity index (χ3v) is 9.19. The maximum Gasteiger partial charge on any atom is 0.402 e. The van der Waals surface area contributed by atoms with Gasteiger partial charge in [-0.05, 0) is 68.7 Å². The number of rotatable bonds is 6. The van der Waals surface area contributed by atoms with Crippen LogP contribution in [-0.4, -0.2) is 37.6 Å². The molecule has 8 nitrogen and oxygen atoms in total. The number of ketones is 1. The zero-order chi connectivity index (χ0) is 25.1. The zero-order valence-corrected chi connectivity index (χ0v) is 26.2. The molecular weight excluding hydrogens is 587 g/mol. The van der Waals surface area contributed by atoms with E-state index in [1.54, 1.807) is 35.0 Å². The zero-order valence-electron chi connectivity index (χ0n) is 22.2. The van der Waals surface area contributed by atoms with Crippen LogP contribution in [0.15, 0.2) is 35.9 Å². The molecule has 1 aromatic carbocycles. The summed E-state index contributed by atoms with van der Waals surface area (Å²) in [6.07, 6.45) is 3.68. The maximum atomic E-state index is 13.1. The van der Waals surface area contributed by atoms with E-state index < -0.39 is 10.8 Å². The molecule has 0 amide bonds. The highest BCUT2D eigenvalue weighted by Gasteiger charge is 2.50. The van der Waals surface area contributed by atoms with Gasteiger partial charge < -0.3 is 21.7 Å². The number of carbonyl (C=O) groups is 1.